The normalized spacial score (nSPS) is 12.7. The Balaban J connectivity index is 2.11. The van der Waals surface area contributed by atoms with Crippen LogP contribution in [-0.4, -0.2) is 44.1 Å². The van der Waals surface area contributed by atoms with Crippen LogP contribution in [0.2, 0.25) is 0 Å². The summed E-state index contributed by atoms with van der Waals surface area (Å²) in [4.78, 5) is 12.2. The second-order valence-corrected chi connectivity index (χ2v) is 8.89. The molecule has 0 heterocycles. The van der Waals surface area contributed by atoms with E-state index < -0.39 is 40.5 Å². The monoisotopic (exact) mass is 585 g/mol. The highest BCUT2D eigenvalue weighted by Gasteiger charge is 2.47. The lowest BCUT2D eigenvalue weighted by Gasteiger charge is -2.23. The molecule has 0 radical (unpaired) electrons. The van der Waals surface area contributed by atoms with Gasteiger partial charge in [0.2, 0.25) is 0 Å². The highest BCUT2D eigenvalue weighted by molar-refractivity contribution is 14.1. The van der Waals surface area contributed by atoms with Gasteiger partial charge in [0.25, 0.3) is 0 Å². The molecule has 0 saturated carbocycles. The molecule has 0 amide bonds. The number of benzene rings is 2. The maximum absolute atomic E-state index is 13.5. The Hall–Kier alpha value is -2.32. The minimum atomic E-state index is -6.19. The summed E-state index contributed by atoms with van der Waals surface area (Å²) in [7, 11) is -4.85. The minimum absolute atomic E-state index is 0.0424. The molecule has 1 atom stereocenters. The summed E-state index contributed by atoms with van der Waals surface area (Å²) in [6.45, 7) is 2.78. The summed E-state index contributed by atoms with van der Waals surface area (Å²) in [5.41, 5.74) is 0.845. The number of hydrogen-bond donors (Lipinski definition) is 0. The standard InChI is InChI=1S/C20H18F3IO7S/c1-3-12-4-6-14(7-5-12)31-18-15(24)10-13(11-16(18)29-2)19(25)30-9-8-17(21)20(22,23)32(26,27)28/h3-7,10-11,17H,1,8-9H2,2H3,(H,26,27,28)/p-1. The van der Waals surface area contributed by atoms with E-state index in [-0.39, 0.29) is 11.3 Å². The van der Waals surface area contributed by atoms with Crippen molar-refractivity contribution in [1.29, 1.82) is 0 Å². The van der Waals surface area contributed by atoms with Gasteiger partial charge in [0, 0.05) is 6.42 Å². The number of alkyl halides is 3. The smallest absolute Gasteiger partial charge is 0.364 e. The van der Waals surface area contributed by atoms with Crippen LogP contribution in [0.4, 0.5) is 13.2 Å². The van der Waals surface area contributed by atoms with E-state index in [0.29, 0.717) is 15.1 Å². The zero-order valence-corrected chi connectivity index (χ0v) is 19.5. The van der Waals surface area contributed by atoms with Gasteiger partial charge in [-0.05, 0) is 52.4 Å². The van der Waals surface area contributed by atoms with Gasteiger partial charge in [-0.25, -0.2) is 17.6 Å². The quantitative estimate of drug-likeness (QED) is 0.225. The fraction of sp³-hybridized carbons (Fsp3) is 0.250. The van der Waals surface area contributed by atoms with Gasteiger partial charge in [0.15, 0.2) is 27.8 Å². The molecule has 0 aliphatic rings. The van der Waals surface area contributed by atoms with Crippen molar-refractivity contribution in [3.8, 4) is 17.2 Å². The molecule has 7 nitrogen and oxygen atoms in total. The average molecular weight is 585 g/mol. The molecule has 32 heavy (non-hydrogen) atoms. The van der Waals surface area contributed by atoms with E-state index in [9.17, 15) is 30.9 Å². The Labute approximate surface area is 196 Å². The van der Waals surface area contributed by atoms with Gasteiger partial charge in [-0.3, -0.25) is 0 Å². The summed E-state index contributed by atoms with van der Waals surface area (Å²) >= 11 is 1.89. The number of rotatable bonds is 10. The first kappa shape index (κ1) is 25.9. The van der Waals surface area contributed by atoms with Gasteiger partial charge < -0.3 is 18.8 Å². The predicted molar refractivity (Wildman–Crippen MR) is 117 cm³/mol. The van der Waals surface area contributed by atoms with E-state index in [1.54, 1.807) is 30.3 Å². The summed E-state index contributed by atoms with van der Waals surface area (Å²) in [5.74, 6) is -0.0295. The maximum atomic E-state index is 13.5. The molecule has 0 bridgehead atoms. The molecule has 174 valence electrons. The number of carbonyl (C=O) groups excluding carboxylic acids is 1. The van der Waals surface area contributed by atoms with E-state index in [2.05, 4.69) is 6.58 Å². The molecule has 0 aromatic heterocycles. The van der Waals surface area contributed by atoms with E-state index >= 15 is 0 Å². The summed E-state index contributed by atoms with van der Waals surface area (Å²) < 4.78 is 87.3. The zero-order valence-electron chi connectivity index (χ0n) is 16.5. The van der Waals surface area contributed by atoms with Crippen LogP contribution in [0, 0.1) is 3.57 Å². The fourth-order valence-corrected chi connectivity index (χ4v) is 3.53. The number of methoxy groups -OCH3 is 1. The topological polar surface area (TPSA) is 102 Å². The van der Waals surface area contributed by atoms with Gasteiger partial charge in [-0.15, -0.1) is 0 Å². The summed E-state index contributed by atoms with van der Waals surface area (Å²) in [5, 5.41) is -5.12. The van der Waals surface area contributed by atoms with Crippen molar-refractivity contribution in [2.24, 2.45) is 0 Å². The van der Waals surface area contributed by atoms with E-state index in [1.807, 2.05) is 22.6 Å². The molecule has 1 unspecified atom stereocenters. The van der Waals surface area contributed by atoms with Crippen LogP contribution >= 0.6 is 22.6 Å². The van der Waals surface area contributed by atoms with Gasteiger partial charge in [0.1, 0.15) is 5.75 Å². The molecule has 2 rings (SSSR count). The van der Waals surface area contributed by atoms with Crippen molar-refractivity contribution in [1.82, 2.24) is 0 Å². The lowest BCUT2D eigenvalue weighted by Crippen LogP contribution is -2.39. The highest BCUT2D eigenvalue weighted by Crippen LogP contribution is 2.37. The average Bonchev–Trinajstić information content (AvgIpc) is 2.74. The fourth-order valence-electron chi connectivity index (χ4n) is 2.39. The third-order valence-corrected chi connectivity index (χ3v) is 5.83. The maximum Gasteiger partial charge on any atom is 0.364 e. The first-order valence-corrected chi connectivity index (χ1v) is 11.3. The second-order valence-electron chi connectivity index (χ2n) is 6.27. The number of halogens is 4. The van der Waals surface area contributed by atoms with Crippen LogP contribution in [0.5, 0.6) is 17.2 Å². The van der Waals surface area contributed by atoms with Gasteiger partial charge in [-0.1, -0.05) is 24.8 Å². The van der Waals surface area contributed by atoms with Crippen molar-refractivity contribution in [2.45, 2.75) is 17.8 Å². The molecule has 2 aromatic rings. The van der Waals surface area contributed by atoms with Crippen LogP contribution in [0.15, 0.2) is 43.0 Å². The molecule has 0 saturated heterocycles. The van der Waals surface area contributed by atoms with Gasteiger partial charge in [-0.2, -0.15) is 8.78 Å². The highest BCUT2D eigenvalue weighted by atomic mass is 127. The first-order chi connectivity index (χ1) is 14.9. The SMILES string of the molecule is C=Cc1ccc(Oc2c(I)cc(C(=O)OCCC(F)C(F)(F)S(=O)(=O)[O-])cc2OC)cc1. The molecule has 0 aliphatic carbocycles. The molecule has 0 N–H and O–H groups in total. The number of carbonyl (C=O) groups is 1. The Kier molecular flexibility index (Phi) is 8.54. The lowest BCUT2D eigenvalue weighted by atomic mass is 10.2. The van der Waals surface area contributed by atoms with E-state index in [0.717, 1.165) is 5.56 Å². The minimum Gasteiger partial charge on any atom is -0.743 e. The predicted octanol–water partition coefficient (Wildman–Crippen LogP) is 4.76. The Morgan fingerprint density at radius 2 is 1.91 bits per heavy atom. The van der Waals surface area contributed by atoms with Gasteiger partial charge >= 0.3 is 11.2 Å². The third-order valence-electron chi connectivity index (χ3n) is 4.10. The molecular weight excluding hydrogens is 568 g/mol. The number of ether oxygens (including phenoxy) is 3. The molecule has 0 fully saturated rings. The van der Waals surface area contributed by atoms with Crippen molar-refractivity contribution in [3.05, 3.63) is 57.7 Å². The summed E-state index contributed by atoms with van der Waals surface area (Å²) in [6, 6.07) is 9.64. The Morgan fingerprint density at radius 1 is 1.28 bits per heavy atom. The molecular formula is C20H17F3IO7S-. The largest absolute Gasteiger partial charge is 0.743 e. The van der Waals surface area contributed by atoms with Crippen molar-refractivity contribution < 1.29 is 45.1 Å². The van der Waals surface area contributed by atoms with Crippen molar-refractivity contribution in [3.63, 3.8) is 0 Å². The van der Waals surface area contributed by atoms with Crippen LogP contribution in [0.25, 0.3) is 6.08 Å². The first-order valence-electron chi connectivity index (χ1n) is 8.83. The van der Waals surface area contributed by atoms with Crippen molar-refractivity contribution in [2.75, 3.05) is 13.7 Å². The number of esters is 1. The molecule has 2 aromatic carbocycles. The van der Waals surface area contributed by atoms with Crippen LogP contribution in [0.3, 0.4) is 0 Å². The zero-order chi connectivity index (χ0) is 24.1. The van der Waals surface area contributed by atoms with Crippen LogP contribution in [0.1, 0.15) is 22.3 Å². The Morgan fingerprint density at radius 3 is 2.44 bits per heavy atom. The number of hydrogen-bond acceptors (Lipinski definition) is 7. The van der Waals surface area contributed by atoms with E-state index in [4.69, 9.17) is 14.2 Å². The summed E-state index contributed by atoms with van der Waals surface area (Å²) in [6.07, 6.45) is -2.84. The lowest BCUT2D eigenvalue weighted by molar-refractivity contribution is -0.0169. The van der Waals surface area contributed by atoms with Gasteiger partial charge in [0.05, 0.1) is 22.9 Å². The molecule has 0 spiro atoms. The van der Waals surface area contributed by atoms with Crippen LogP contribution < -0.4 is 9.47 Å². The van der Waals surface area contributed by atoms with Crippen LogP contribution in [-0.2, 0) is 14.9 Å². The van der Waals surface area contributed by atoms with Crippen molar-refractivity contribution >= 4 is 44.8 Å². The second kappa shape index (κ2) is 10.5. The molecule has 12 heteroatoms. The molecule has 0 aliphatic heterocycles. The van der Waals surface area contributed by atoms with E-state index in [1.165, 1.54) is 19.2 Å². The third kappa shape index (κ3) is 6.13. The Bertz CT molecular complexity index is 1090.